The number of carbonyl (C=O) groups is 2. The van der Waals surface area contributed by atoms with Gasteiger partial charge in [-0.05, 0) is 58.3 Å². The van der Waals surface area contributed by atoms with E-state index in [-0.39, 0.29) is 18.4 Å². The molecule has 1 aliphatic heterocycles. The van der Waals surface area contributed by atoms with Crippen molar-refractivity contribution in [3.63, 3.8) is 0 Å². The lowest BCUT2D eigenvalue weighted by molar-refractivity contribution is -0.123. The Labute approximate surface area is 162 Å². The highest BCUT2D eigenvalue weighted by Crippen LogP contribution is 2.66. The fourth-order valence-corrected chi connectivity index (χ4v) is 4.88. The molecule has 130 valence electrons. The van der Waals surface area contributed by atoms with Crippen LogP contribution in [-0.4, -0.2) is 28.6 Å². The molecule has 0 bridgehead atoms. The first-order chi connectivity index (χ1) is 12.5. The fourth-order valence-electron chi connectivity index (χ4n) is 4.28. The third-order valence-electron chi connectivity index (χ3n) is 5.52. The minimum Gasteiger partial charge on any atom is -0.368 e. The van der Waals surface area contributed by atoms with E-state index >= 15 is 0 Å². The number of aromatic amines is 1. The zero-order valence-electron chi connectivity index (χ0n) is 13.7. The van der Waals surface area contributed by atoms with Crippen molar-refractivity contribution in [2.75, 3.05) is 11.4 Å². The lowest BCUT2D eigenvalue weighted by atomic mass is 9.92. The summed E-state index contributed by atoms with van der Waals surface area (Å²) < 4.78 is 0.935. The summed E-state index contributed by atoms with van der Waals surface area (Å²) in [5, 5.41) is 8.36. The van der Waals surface area contributed by atoms with Gasteiger partial charge in [-0.1, -0.05) is 24.3 Å². The molecule has 1 aromatic heterocycles. The van der Waals surface area contributed by atoms with E-state index in [1.807, 2.05) is 24.3 Å². The second-order valence-electron chi connectivity index (χ2n) is 6.92. The van der Waals surface area contributed by atoms with Crippen LogP contribution in [-0.2, 0) is 15.0 Å². The van der Waals surface area contributed by atoms with Crippen molar-refractivity contribution in [1.82, 2.24) is 10.2 Å². The lowest BCUT2D eigenvalue weighted by Crippen LogP contribution is -2.39. The Morgan fingerprint density at radius 3 is 2.96 bits per heavy atom. The maximum Gasteiger partial charge on any atom is 0.238 e. The highest BCUT2D eigenvalue weighted by molar-refractivity contribution is 14.1. The van der Waals surface area contributed by atoms with E-state index in [1.54, 1.807) is 0 Å². The molecule has 7 heteroatoms. The maximum absolute atomic E-state index is 13.2. The van der Waals surface area contributed by atoms with E-state index in [0.717, 1.165) is 37.8 Å². The molecule has 3 N–H and O–H groups in total. The van der Waals surface area contributed by atoms with Crippen molar-refractivity contribution in [3.05, 3.63) is 57.3 Å². The average molecular weight is 458 g/mol. The predicted octanol–water partition coefficient (Wildman–Crippen LogP) is 2.42. The summed E-state index contributed by atoms with van der Waals surface area (Å²) in [5.41, 5.74) is 8.67. The van der Waals surface area contributed by atoms with Crippen LogP contribution in [0.3, 0.4) is 0 Å². The van der Waals surface area contributed by atoms with Crippen molar-refractivity contribution in [2.45, 2.75) is 17.8 Å². The molecule has 2 aromatic carbocycles. The molecular weight excluding hydrogens is 443 g/mol. The Bertz CT molecular complexity index is 1090. The van der Waals surface area contributed by atoms with Gasteiger partial charge in [-0.25, -0.2) is 0 Å². The van der Waals surface area contributed by atoms with E-state index in [1.165, 1.54) is 4.90 Å². The molecule has 2 heterocycles. The van der Waals surface area contributed by atoms with E-state index in [9.17, 15) is 9.59 Å². The van der Waals surface area contributed by atoms with Crippen LogP contribution >= 0.6 is 22.6 Å². The van der Waals surface area contributed by atoms with Gasteiger partial charge in [0.25, 0.3) is 0 Å². The number of fused-ring (bicyclic) bond motifs is 3. The number of rotatable bonds is 3. The Balaban J connectivity index is 1.59. The van der Waals surface area contributed by atoms with Gasteiger partial charge in [0.05, 0.1) is 10.9 Å². The van der Waals surface area contributed by atoms with Gasteiger partial charge in [-0.3, -0.25) is 14.7 Å². The number of hydrogen-bond acceptors (Lipinski definition) is 3. The molecule has 0 saturated heterocycles. The Hall–Kier alpha value is -2.42. The van der Waals surface area contributed by atoms with E-state index in [2.05, 4.69) is 51.0 Å². The third-order valence-corrected chi connectivity index (χ3v) is 6.34. The van der Waals surface area contributed by atoms with Gasteiger partial charge in [-0.15, -0.1) is 0 Å². The van der Waals surface area contributed by atoms with Gasteiger partial charge in [0.1, 0.15) is 10.2 Å². The Kier molecular flexibility index (Phi) is 3.22. The molecule has 1 fully saturated rings. The number of anilines is 1. The predicted molar refractivity (Wildman–Crippen MR) is 106 cm³/mol. The minimum atomic E-state index is -0.576. The fraction of sp³-hybridized carbons (Fsp3) is 0.211. The number of carbonyl (C=O) groups excluding carboxylic acids is 2. The number of primary amides is 1. The highest BCUT2D eigenvalue weighted by Gasteiger charge is 2.67. The largest absolute Gasteiger partial charge is 0.368 e. The van der Waals surface area contributed by atoms with Gasteiger partial charge < -0.3 is 10.6 Å². The summed E-state index contributed by atoms with van der Waals surface area (Å²) in [6.07, 6.45) is 0.745. The van der Waals surface area contributed by atoms with Crippen LogP contribution in [0.5, 0.6) is 0 Å². The maximum atomic E-state index is 13.2. The van der Waals surface area contributed by atoms with Crippen molar-refractivity contribution in [2.24, 2.45) is 5.73 Å². The van der Waals surface area contributed by atoms with Crippen molar-refractivity contribution in [1.29, 1.82) is 0 Å². The first-order valence-electron chi connectivity index (χ1n) is 8.35. The van der Waals surface area contributed by atoms with Crippen LogP contribution in [0.2, 0.25) is 0 Å². The summed E-state index contributed by atoms with van der Waals surface area (Å²) in [6.45, 7) is -0.0813. The molecule has 6 nitrogen and oxygen atoms in total. The number of nitrogens with one attached hydrogen (secondary N) is 1. The van der Waals surface area contributed by atoms with E-state index < -0.39 is 11.3 Å². The van der Waals surface area contributed by atoms with Gasteiger partial charge in [0.2, 0.25) is 11.8 Å². The van der Waals surface area contributed by atoms with Crippen LogP contribution in [0, 0.1) is 3.70 Å². The molecule has 5 rings (SSSR count). The molecule has 1 aliphatic carbocycles. The Morgan fingerprint density at radius 1 is 1.35 bits per heavy atom. The number of para-hydroxylation sites is 1. The molecule has 1 unspecified atom stereocenters. The summed E-state index contributed by atoms with van der Waals surface area (Å²) in [6, 6.07) is 13.9. The van der Waals surface area contributed by atoms with Crippen molar-refractivity contribution < 1.29 is 9.59 Å². The molecule has 2 atom stereocenters. The quantitative estimate of drug-likeness (QED) is 0.591. The zero-order valence-corrected chi connectivity index (χ0v) is 15.9. The molecular formula is C19H15IN4O2. The third kappa shape index (κ3) is 2.00. The molecule has 2 amide bonds. The number of nitrogens with zero attached hydrogens (tertiary/aromatic N) is 2. The lowest BCUT2D eigenvalue weighted by Gasteiger charge is -2.16. The van der Waals surface area contributed by atoms with Crippen LogP contribution in [0.4, 0.5) is 5.69 Å². The number of halogens is 1. The standard InChI is InChI=1S/C19H15IN4O2/c20-17-11-6-5-10(7-14(11)22-23-17)13-8-19(13)12-3-1-2-4-15(12)24(18(19)26)9-16(21)25/h1-7,13H,8-9H2,(H2,21,25)(H,22,23)/t13-,19?/m0/s1. The van der Waals surface area contributed by atoms with E-state index in [4.69, 9.17) is 5.73 Å². The second-order valence-corrected chi connectivity index (χ2v) is 7.94. The second kappa shape index (κ2) is 5.29. The topological polar surface area (TPSA) is 92.1 Å². The van der Waals surface area contributed by atoms with Crippen molar-refractivity contribution >= 4 is 51.0 Å². The van der Waals surface area contributed by atoms with Gasteiger partial charge >= 0.3 is 0 Å². The van der Waals surface area contributed by atoms with Crippen molar-refractivity contribution in [3.8, 4) is 0 Å². The summed E-state index contributed by atoms with van der Waals surface area (Å²) >= 11 is 2.20. The average Bonchev–Trinajstić information content (AvgIpc) is 3.23. The molecule has 1 spiro atoms. The summed E-state index contributed by atoms with van der Waals surface area (Å²) in [5.74, 6) is -0.433. The zero-order chi connectivity index (χ0) is 18.1. The number of amides is 2. The number of nitrogens with two attached hydrogens (primary N) is 1. The van der Waals surface area contributed by atoms with E-state index in [0.29, 0.717) is 0 Å². The SMILES string of the molecule is NC(=O)CN1C(=O)C2(C[C@H]2c2ccc3c(I)n[nH]c3c2)c2ccccc21. The molecule has 2 aliphatic rings. The van der Waals surface area contributed by atoms with Crippen LogP contribution < -0.4 is 10.6 Å². The molecule has 3 aromatic rings. The van der Waals surface area contributed by atoms with Gasteiger partial charge in [-0.2, -0.15) is 5.10 Å². The van der Waals surface area contributed by atoms with Gasteiger partial charge in [0, 0.05) is 17.0 Å². The molecule has 1 saturated carbocycles. The summed E-state index contributed by atoms with van der Waals surface area (Å²) in [4.78, 5) is 26.2. The number of H-pyrrole nitrogens is 1. The highest BCUT2D eigenvalue weighted by atomic mass is 127. The van der Waals surface area contributed by atoms with Crippen LogP contribution in [0.1, 0.15) is 23.5 Å². The number of hydrogen-bond donors (Lipinski definition) is 2. The molecule has 26 heavy (non-hydrogen) atoms. The van der Waals surface area contributed by atoms with Crippen LogP contribution in [0.25, 0.3) is 10.9 Å². The monoisotopic (exact) mass is 458 g/mol. The summed E-state index contributed by atoms with van der Waals surface area (Å²) in [7, 11) is 0. The number of aromatic nitrogens is 2. The normalized spacial score (nSPS) is 23.7. The smallest absolute Gasteiger partial charge is 0.238 e. The Morgan fingerprint density at radius 2 is 2.15 bits per heavy atom. The van der Waals surface area contributed by atoms with Gasteiger partial charge in [0.15, 0.2) is 0 Å². The molecule has 0 radical (unpaired) electrons. The van der Waals surface area contributed by atoms with Crippen LogP contribution in [0.15, 0.2) is 42.5 Å². The minimum absolute atomic E-state index is 0.0261. The first kappa shape index (κ1) is 15.8. The number of benzene rings is 2. The first-order valence-corrected chi connectivity index (χ1v) is 9.43.